The third-order valence-corrected chi connectivity index (χ3v) is 20.0. The monoisotopic (exact) mass is 636 g/mol. The number of carbonyl (C=O) groups is 1. The van der Waals surface area contributed by atoms with E-state index in [2.05, 4.69) is 88.5 Å². The smallest absolute Gasteiger partial charge is 0.192 e. The Bertz CT molecular complexity index is 1070. The summed E-state index contributed by atoms with van der Waals surface area (Å²) in [7, 11) is -2.39. The molecule has 0 N–H and O–H groups in total. The van der Waals surface area contributed by atoms with Gasteiger partial charge in [0.05, 0.1) is 25.9 Å². The molecule has 2 aliphatic rings. The molecule has 6 atom stereocenters. The Labute approximate surface area is 263 Å². The van der Waals surface area contributed by atoms with Crippen LogP contribution in [0.4, 0.5) is 0 Å². The van der Waals surface area contributed by atoms with Crippen molar-refractivity contribution < 1.29 is 32.6 Å². The van der Waals surface area contributed by atoms with Crippen LogP contribution in [0.5, 0.6) is 5.75 Å². The minimum Gasteiger partial charge on any atom is -0.497 e. The maximum Gasteiger partial charge on any atom is 0.192 e. The maximum atomic E-state index is 12.5. The number of ether oxygens (including phenoxy) is 4. The van der Waals surface area contributed by atoms with Gasteiger partial charge in [0.25, 0.3) is 0 Å². The quantitative estimate of drug-likeness (QED) is 0.179. The Balaban J connectivity index is 1.91. The maximum absolute atomic E-state index is 12.5. The fourth-order valence-electron chi connectivity index (χ4n) is 5.62. The molecule has 1 aromatic rings. The van der Waals surface area contributed by atoms with E-state index in [1.165, 1.54) is 0 Å². The van der Waals surface area contributed by atoms with Crippen LogP contribution in [0.15, 0.2) is 24.3 Å². The highest BCUT2D eigenvalue weighted by Gasteiger charge is 2.66. The average molecular weight is 637 g/mol. The first-order valence-electron chi connectivity index (χ1n) is 16.0. The third-order valence-electron chi connectivity index (χ3n) is 10.9. The second kappa shape index (κ2) is 13.0. The summed E-state index contributed by atoms with van der Waals surface area (Å²) >= 11 is 0. The Morgan fingerprint density at radius 1 is 0.953 bits per heavy atom. The third kappa shape index (κ3) is 7.67. The molecule has 0 bridgehead atoms. The lowest BCUT2D eigenvalue weighted by atomic mass is 9.73. The fourth-order valence-corrected chi connectivity index (χ4v) is 8.09. The van der Waals surface area contributed by atoms with E-state index in [-0.39, 0.29) is 28.2 Å². The van der Waals surface area contributed by atoms with E-state index >= 15 is 0 Å². The van der Waals surface area contributed by atoms with E-state index in [1.807, 2.05) is 24.3 Å². The molecule has 246 valence electrons. The molecule has 2 heterocycles. The van der Waals surface area contributed by atoms with Gasteiger partial charge in [0, 0.05) is 24.4 Å². The van der Waals surface area contributed by atoms with Crippen molar-refractivity contribution in [2.75, 3.05) is 13.7 Å². The summed E-state index contributed by atoms with van der Waals surface area (Å²) in [6.45, 7) is 30.2. The fraction of sp³-hybridized carbons (Fsp3) is 0.794. The van der Waals surface area contributed by atoms with Gasteiger partial charge in [-0.1, -0.05) is 74.4 Å². The van der Waals surface area contributed by atoms with Gasteiger partial charge in [-0.2, -0.15) is 0 Å². The van der Waals surface area contributed by atoms with E-state index in [0.717, 1.165) is 24.0 Å². The van der Waals surface area contributed by atoms with Gasteiger partial charge in [-0.25, -0.2) is 0 Å². The summed E-state index contributed by atoms with van der Waals surface area (Å²) in [5.74, 6) is -0.111. The second-order valence-corrected chi connectivity index (χ2v) is 25.9. The van der Waals surface area contributed by atoms with Gasteiger partial charge in [0.1, 0.15) is 18.0 Å². The Morgan fingerprint density at radius 3 is 2.05 bits per heavy atom. The number of aldehydes is 1. The summed E-state index contributed by atoms with van der Waals surface area (Å²) in [5.41, 5.74) is 0.374. The van der Waals surface area contributed by atoms with Crippen molar-refractivity contribution in [1.29, 1.82) is 0 Å². The molecule has 2 saturated heterocycles. The van der Waals surface area contributed by atoms with Crippen LogP contribution in [0.25, 0.3) is 0 Å². The predicted molar refractivity (Wildman–Crippen MR) is 178 cm³/mol. The van der Waals surface area contributed by atoms with Crippen molar-refractivity contribution in [3.05, 3.63) is 29.8 Å². The molecule has 2 fully saturated rings. The lowest BCUT2D eigenvalue weighted by molar-refractivity contribution is -0.328. The minimum absolute atomic E-state index is 0.0561. The highest BCUT2D eigenvalue weighted by molar-refractivity contribution is 6.74. The highest BCUT2D eigenvalue weighted by atomic mass is 28.4. The molecule has 0 unspecified atom stereocenters. The normalized spacial score (nSPS) is 30.0. The molecular weight excluding hydrogens is 577 g/mol. The molecule has 1 spiro atoms. The lowest BCUT2D eigenvalue weighted by Gasteiger charge is -2.53. The van der Waals surface area contributed by atoms with Crippen molar-refractivity contribution >= 4 is 22.9 Å². The Kier molecular flexibility index (Phi) is 11.0. The van der Waals surface area contributed by atoms with Crippen molar-refractivity contribution in [2.24, 2.45) is 11.3 Å². The van der Waals surface area contributed by atoms with Crippen LogP contribution >= 0.6 is 0 Å². The summed E-state index contributed by atoms with van der Waals surface area (Å²) in [6.07, 6.45) is 0.669. The largest absolute Gasteiger partial charge is 0.497 e. The molecule has 0 aliphatic carbocycles. The van der Waals surface area contributed by atoms with Crippen LogP contribution in [0.2, 0.25) is 36.3 Å². The first kappa shape index (κ1) is 36.4. The first-order chi connectivity index (χ1) is 19.6. The highest BCUT2D eigenvalue weighted by Crippen LogP contribution is 2.56. The molecule has 0 aromatic heterocycles. The van der Waals surface area contributed by atoms with Gasteiger partial charge < -0.3 is 32.6 Å². The van der Waals surface area contributed by atoms with E-state index in [4.69, 9.17) is 27.8 Å². The molecule has 7 nitrogen and oxygen atoms in total. The van der Waals surface area contributed by atoms with Crippen molar-refractivity contribution in [3.63, 3.8) is 0 Å². The van der Waals surface area contributed by atoms with Gasteiger partial charge in [0.2, 0.25) is 0 Å². The summed E-state index contributed by atoms with van der Waals surface area (Å²) in [6, 6.07) is 7.79. The molecule has 1 aromatic carbocycles. The van der Waals surface area contributed by atoms with Crippen molar-refractivity contribution in [3.8, 4) is 5.75 Å². The number of hydrogen-bond acceptors (Lipinski definition) is 7. The summed E-state index contributed by atoms with van der Waals surface area (Å²) < 4.78 is 39.2. The first-order valence-corrected chi connectivity index (χ1v) is 21.8. The molecule has 43 heavy (non-hydrogen) atoms. The van der Waals surface area contributed by atoms with Crippen LogP contribution < -0.4 is 4.74 Å². The number of methoxy groups -OCH3 is 1. The van der Waals surface area contributed by atoms with Gasteiger partial charge in [-0.3, -0.25) is 0 Å². The molecule has 3 rings (SSSR count). The topological polar surface area (TPSA) is 72.5 Å². The number of carbonyl (C=O) groups excluding carboxylic acids is 1. The number of hydrogen-bond donors (Lipinski definition) is 0. The van der Waals surface area contributed by atoms with Crippen LogP contribution in [-0.2, 0) is 34.5 Å². The number of rotatable bonds is 11. The SMILES string of the molecule is COc1ccc(CO[C@@H]2[C@H](C=O)O[C@@]3(C[C@H](O[Si](C)(C)C(C)(C)C)[C@@H](C)[C@@H](CCO[Si](C)(C)C(C)(C)C)O3)C2(C)C)cc1. The van der Waals surface area contributed by atoms with Gasteiger partial charge in [-0.15, -0.1) is 0 Å². The Morgan fingerprint density at radius 2 is 1.53 bits per heavy atom. The van der Waals surface area contributed by atoms with E-state index in [1.54, 1.807) is 7.11 Å². The van der Waals surface area contributed by atoms with Gasteiger partial charge in [0.15, 0.2) is 28.7 Å². The van der Waals surface area contributed by atoms with Crippen LogP contribution in [0, 0.1) is 11.3 Å². The Hall–Kier alpha value is -1.08. The standard InChI is InChI=1S/C34H60O7Si2/c1-24-27(19-20-38-42(11,12)31(2,3)4)39-34(21-28(24)41-43(13,14)32(5,6)7)33(8,9)30(29(22-35)40-34)37-23-25-15-17-26(36-10)18-16-25/h15-18,22,24,27-30H,19-21,23H2,1-14H3/t24-,27+,28-,29-,30+,34-/m0/s1. The number of benzene rings is 1. The summed E-state index contributed by atoms with van der Waals surface area (Å²) in [5, 5.41) is 0.184. The van der Waals surface area contributed by atoms with Crippen LogP contribution in [0.3, 0.4) is 0 Å². The van der Waals surface area contributed by atoms with E-state index in [9.17, 15) is 4.79 Å². The minimum atomic E-state index is -2.12. The lowest BCUT2D eigenvalue weighted by Crippen LogP contribution is -2.61. The van der Waals surface area contributed by atoms with Gasteiger partial charge >= 0.3 is 0 Å². The molecule has 0 radical (unpaired) electrons. The molecule has 0 saturated carbocycles. The summed E-state index contributed by atoms with van der Waals surface area (Å²) in [4.78, 5) is 12.5. The van der Waals surface area contributed by atoms with Crippen molar-refractivity contribution in [1.82, 2.24) is 0 Å². The van der Waals surface area contributed by atoms with E-state index < -0.39 is 40.0 Å². The van der Waals surface area contributed by atoms with Crippen molar-refractivity contribution in [2.45, 2.75) is 148 Å². The molecule has 2 aliphatic heterocycles. The van der Waals surface area contributed by atoms with Crippen LogP contribution in [-0.4, -0.2) is 66.8 Å². The molecular formula is C34H60O7Si2. The van der Waals surface area contributed by atoms with Crippen LogP contribution in [0.1, 0.15) is 80.7 Å². The zero-order chi connectivity index (χ0) is 32.6. The zero-order valence-corrected chi connectivity index (χ0v) is 31.5. The molecule has 0 amide bonds. The average Bonchev–Trinajstić information content (AvgIpc) is 3.09. The second-order valence-electron chi connectivity index (χ2n) is 16.3. The zero-order valence-electron chi connectivity index (χ0n) is 29.5. The van der Waals surface area contributed by atoms with E-state index in [0.29, 0.717) is 19.6 Å². The van der Waals surface area contributed by atoms with Gasteiger partial charge in [-0.05, 0) is 60.4 Å². The predicted octanol–water partition coefficient (Wildman–Crippen LogP) is 8.13. The molecule has 9 heteroatoms.